The lowest BCUT2D eigenvalue weighted by Gasteiger charge is -2.23. The van der Waals surface area contributed by atoms with Crippen LogP contribution in [-0.4, -0.2) is 11.5 Å². The average Bonchev–Trinajstić information content (AvgIpc) is 2.41. The molecule has 0 radical (unpaired) electrons. The topological polar surface area (TPSA) is 46.4 Å². The minimum atomic E-state index is -0.510. The molecule has 0 bridgehead atoms. The van der Waals surface area contributed by atoms with E-state index in [0.717, 1.165) is 0 Å². The van der Waals surface area contributed by atoms with Gasteiger partial charge in [-0.2, -0.15) is 0 Å². The lowest BCUT2D eigenvalue weighted by molar-refractivity contribution is -0.383. The van der Waals surface area contributed by atoms with Crippen molar-refractivity contribution in [2.24, 2.45) is 0 Å². The number of benzene rings is 2. The highest BCUT2D eigenvalue weighted by Gasteiger charge is 2.23. The van der Waals surface area contributed by atoms with Crippen LogP contribution in [0.2, 0.25) is 5.02 Å². The van der Waals surface area contributed by atoms with E-state index in [-0.39, 0.29) is 16.5 Å². The molecule has 4 nitrogen and oxygen atoms in total. The zero-order valence-electron chi connectivity index (χ0n) is 10.7. The fourth-order valence-corrected chi connectivity index (χ4v) is 2.25. The third kappa shape index (κ3) is 2.72. The summed E-state index contributed by atoms with van der Waals surface area (Å²) >= 11 is 5.91. The van der Waals surface area contributed by atoms with Gasteiger partial charge >= 0.3 is 5.69 Å². The molecule has 0 unspecified atom stereocenters. The Labute approximate surface area is 120 Å². The predicted molar refractivity (Wildman–Crippen MR) is 77.2 cm³/mol. The summed E-state index contributed by atoms with van der Waals surface area (Å²) < 4.78 is 13.0. The van der Waals surface area contributed by atoms with Crippen LogP contribution >= 0.6 is 11.6 Å². The van der Waals surface area contributed by atoms with Crippen molar-refractivity contribution in [1.82, 2.24) is 0 Å². The van der Waals surface area contributed by atoms with Gasteiger partial charge in [0.2, 0.25) is 0 Å². The van der Waals surface area contributed by atoms with Crippen LogP contribution in [0.3, 0.4) is 0 Å². The molecule has 0 heterocycles. The van der Waals surface area contributed by atoms with Gasteiger partial charge in [-0.25, -0.2) is 4.39 Å². The van der Waals surface area contributed by atoms with Crippen molar-refractivity contribution in [1.29, 1.82) is 0 Å². The maximum Gasteiger partial charge on any atom is 0.311 e. The lowest BCUT2D eigenvalue weighted by atomic mass is 10.2. The van der Waals surface area contributed by atoms with E-state index >= 15 is 0 Å². The molecule has 0 amide bonds. The van der Waals surface area contributed by atoms with Crippen LogP contribution in [0.5, 0.6) is 0 Å². The molecule has 0 aromatic heterocycles. The number of nitrogens with zero attached hydrogens (tertiary/aromatic N) is 2. The van der Waals surface area contributed by atoms with E-state index in [1.807, 2.05) is 6.92 Å². The fraction of sp³-hybridized carbons (Fsp3) is 0.143. The molecule has 2 aromatic rings. The Morgan fingerprint density at radius 3 is 2.45 bits per heavy atom. The number of anilines is 2. The Bertz CT molecular complexity index is 632. The summed E-state index contributed by atoms with van der Waals surface area (Å²) in [5, 5.41) is 11.3. The van der Waals surface area contributed by atoms with Crippen LogP contribution in [0.15, 0.2) is 42.5 Å². The van der Waals surface area contributed by atoms with E-state index < -0.39 is 4.92 Å². The Kier molecular flexibility index (Phi) is 4.20. The van der Waals surface area contributed by atoms with Crippen LogP contribution in [0.4, 0.5) is 21.5 Å². The molecule has 0 atom stereocenters. The molecule has 0 spiro atoms. The van der Waals surface area contributed by atoms with Gasteiger partial charge in [0.05, 0.1) is 4.92 Å². The molecule has 0 aliphatic carbocycles. The van der Waals surface area contributed by atoms with E-state index in [0.29, 0.717) is 17.9 Å². The van der Waals surface area contributed by atoms with Crippen LogP contribution < -0.4 is 4.90 Å². The van der Waals surface area contributed by atoms with Gasteiger partial charge in [-0.05, 0) is 43.3 Å². The summed E-state index contributed by atoms with van der Waals surface area (Å²) in [6, 6.07) is 10.5. The number of nitro groups is 1. The lowest BCUT2D eigenvalue weighted by Crippen LogP contribution is -2.17. The molecular formula is C14H12ClFN2O2. The first-order valence-corrected chi connectivity index (χ1v) is 6.38. The third-order valence-electron chi connectivity index (χ3n) is 2.89. The summed E-state index contributed by atoms with van der Waals surface area (Å²) in [4.78, 5) is 12.4. The number of halogens is 2. The standard InChI is InChI=1S/C14H12ClFN2O2/c1-2-17(11-8-6-10(16)7-9-11)13-5-3-4-12(15)14(13)18(19)20/h3-9H,2H2,1H3. The zero-order valence-corrected chi connectivity index (χ0v) is 11.5. The predicted octanol–water partition coefficient (Wildman–Crippen LogP) is 4.55. The molecule has 104 valence electrons. The van der Waals surface area contributed by atoms with Crippen molar-refractivity contribution in [3.05, 3.63) is 63.4 Å². The Morgan fingerprint density at radius 1 is 1.25 bits per heavy atom. The minimum Gasteiger partial charge on any atom is -0.336 e. The number of rotatable bonds is 4. The van der Waals surface area contributed by atoms with E-state index in [2.05, 4.69) is 0 Å². The summed E-state index contributed by atoms with van der Waals surface area (Å²) in [5.74, 6) is -0.356. The molecule has 0 aliphatic rings. The largest absolute Gasteiger partial charge is 0.336 e. The van der Waals surface area contributed by atoms with Crippen LogP contribution in [0.25, 0.3) is 0 Å². The second-order valence-corrected chi connectivity index (χ2v) is 4.49. The van der Waals surface area contributed by atoms with Crippen molar-refractivity contribution in [2.45, 2.75) is 6.92 Å². The highest BCUT2D eigenvalue weighted by molar-refractivity contribution is 6.33. The Balaban J connectivity index is 2.55. The van der Waals surface area contributed by atoms with E-state index in [9.17, 15) is 14.5 Å². The summed E-state index contributed by atoms with van der Waals surface area (Å²) in [6.07, 6.45) is 0. The third-order valence-corrected chi connectivity index (χ3v) is 3.20. The number of para-hydroxylation sites is 1. The van der Waals surface area contributed by atoms with Crippen LogP contribution in [-0.2, 0) is 0 Å². The number of hydrogen-bond donors (Lipinski definition) is 0. The molecule has 6 heteroatoms. The van der Waals surface area contributed by atoms with Crippen molar-refractivity contribution < 1.29 is 9.31 Å². The van der Waals surface area contributed by atoms with Gasteiger partial charge < -0.3 is 4.90 Å². The van der Waals surface area contributed by atoms with Gasteiger partial charge in [0, 0.05) is 12.2 Å². The van der Waals surface area contributed by atoms with Gasteiger partial charge in [0.1, 0.15) is 16.5 Å². The van der Waals surface area contributed by atoms with Crippen molar-refractivity contribution in [3.63, 3.8) is 0 Å². The molecule has 0 aliphatic heterocycles. The van der Waals surface area contributed by atoms with Gasteiger partial charge in [-0.15, -0.1) is 0 Å². The van der Waals surface area contributed by atoms with E-state index in [4.69, 9.17) is 11.6 Å². The van der Waals surface area contributed by atoms with Gasteiger partial charge in [-0.1, -0.05) is 17.7 Å². The van der Waals surface area contributed by atoms with E-state index in [1.54, 1.807) is 29.2 Å². The summed E-state index contributed by atoms with van der Waals surface area (Å²) in [7, 11) is 0. The average molecular weight is 295 g/mol. The highest BCUT2D eigenvalue weighted by Crippen LogP contribution is 2.38. The normalized spacial score (nSPS) is 10.3. The first-order chi connectivity index (χ1) is 9.54. The molecule has 20 heavy (non-hydrogen) atoms. The van der Waals surface area contributed by atoms with Gasteiger partial charge in [0.15, 0.2) is 0 Å². The number of nitro benzene ring substituents is 1. The first-order valence-electron chi connectivity index (χ1n) is 6.00. The van der Waals surface area contributed by atoms with Gasteiger partial charge in [0.25, 0.3) is 0 Å². The smallest absolute Gasteiger partial charge is 0.311 e. The van der Waals surface area contributed by atoms with Crippen molar-refractivity contribution in [2.75, 3.05) is 11.4 Å². The Hall–Kier alpha value is -2.14. The monoisotopic (exact) mass is 294 g/mol. The maximum absolute atomic E-state index is 13.0. The fourth-order valence-electron chi connectivity index (χ4n) is 2.02. The molecule has 0 saturated heterocycles. The SMILES string of the molecule is CCN(c1ccc(F)cc1)c1cccc(Cl)c1[N+](=O)[O-]. The molecule has 2 rings (SSSR count). The Morgan fingerprint density at radius 2 is 1.90 bits per heavy atom. The molecule has 0 fully saturated rings. The van der Waals surface area contributed by atoms with Gasteiger partial charge in [-0.3, -0.25) is 10.1 Å². The van der Waals surface area contributed by atoms with E-state index in [1.165, 1.54) is 18.2 Å². The maximum atomic E-state index is 13.0. The highest BCUT2D eigenvalue weighted by atomic mass is 35.5. The zero-order chi connectivity index (χ0) is 14.7. The van der Waals surface area contributed by atoms with Crippen LogP contribution in [0.1, 0.15) is 6.92 Å². The summed E-state index contributed by atoms with van der Waals surface area (Å²) in [6.45, 7) is 2.35. The molecule has 0 N–H and O–H groups in total. The molecular weight excluding hydrogens is 283 g/mol. The second kappa shape index (κ2) is 5.88. The quantitative estimate of drug-likeness (QED) is 0.614. The number of hydrogen-bond acceptors (Lipinski definition) is 3. The first kappa shape index (κ1) is 14.3. The molecule has 0 saturated carbocycles. The minimum absolute atomic E-state index is 0.0769. The van der Waals surface area contributed by atoms with Crippen LogP contribution in [0, 0.1) is 15.9 Å². The second-order valence-electron chi connectivity index (χ2n) is 4.09. The van der Waals surface area contributed by atoms with Crippen molar-refractivity contribution >= 4 is 28.7 Å². The van der Waals surface area contributed by atoms with Crippen molar-refractivity contribution in [3.8, 4) is 0 Å². The summed E-state index contributed by atoms with van der Waals surface area (Å²) in [5.41, 5.74) is 0.899. The molecule has 2 aromatic carbocycles.